The Hall–Kier alpha value is -1.67. The maximum Gasteiger partial charge on any atom is 0.249 e. The van der Waals surface area contributed by atoms with E-state index in [1.54, 1.807) is 0 Å². The van der Waals surface area contributed by atoms with Gasteiger partial charge in [0.2, 0.25) is 5.91 Å². The van der Waals surface area contributed by atoms with Gasteiger partial charge in [0.15, 0.2) is 6.29 Å². The van der Waals surface area contributed by atoms with Gasteiger partial charge in [-0.3, -0.25) is 4.79 Å². The van der Waals surface area contributed by atoms with Gasteiger partial charge in [-0.05, 0) is 70.6 Å². The van der Waals surface area contributed by atoms with Gasteiger partial charge >= 0.3 is 0 Å². The van der Waals surface area contributed by atoms with E-state index >= 15 is 0 Å². The Kier molecular flexibility index (Phi) is 31.2. The van der Waals surface area contributed by atoms with E-state index in [0.717, 1.165) is 64.2 Å². The van der Waals surface area contributed by atoms with Gasteiger partial charge in [-0.2, -0.15) is 0 Å². The summed E-state index contributed by atoms with van der Waals surface area (Å²) in [6.45, 7) is 3.34. The lowest BCUT2D eigenvalue weighted by Crippen LogP contribution is -2.60. The third kappa shape index (κ3) is 23.4. The molecule has 0 saturated carbocycles. The van der Waals surface area contributed by atoms with Crippen LogP contribution < -0.4 is 5.32 Å². The van der Waals surface area contributed by atoms with E-state index in [1.165, 1.54) is 57.8 Å². The van der Waals surface area contributed by atoms with E-state index in [9.17, 15) is 40.5 Å². The number of amides is 1. The normalized spacial score (nSPS) is 23.0. The highest BCUT2D eigenvalue weighted by molar-refractivity contribution is 5.80. The molecule has 11 nitrogen and oxygen atoms in total. The van der Waals surface area contributed by atoms with Crippen molar-refractivity contribution < 1.29 is 50.0 Å². The summed E-state index contributed by atoms with van der Waals surface area (Å²) in [6, 6.07) is -1.19. The lowest BCUT2D eigenvalue weighted by atomic mass is 9.98. The minimum Gasteiger partial charge on any atom is -0.394 e. The summed E-state index contributed by atoms with van der Waals surface area (Å²) in [5.41, 5.74) is 0. The number of aliphatic hydroxyl groups excluding tert-OH is 7. The number of carbonyl (C=O) groups excluding carboxylic acids is 1. The maximum absolute atomic E-state index is 13.0. The minimum absolute atomic E-state index is 0.241. The Balaban J connectivity index is 2.53. The molecule has 11 heteroatoms. The van der Waals surface area contributed by atoms with Gasteiger partial charge in [0.05, 0.1) is 25.4 Å². The summed E-state index contributed by atoms with van der Waals surface area (Å²) >= 11 is 0. The largest absolute Gasteiger partial charge is 0.394 e. The van der Waals surface area contributed by atoms with Crippen molar-refractivity contribution in [3.8, 4) is 0 Å². The second kappa shape index (κ2) is 33.5. The molecule has 0 aliphatic carbocycles. The first-order valence-corrected chi connectivity index (χ1v) is 21.4. The molecule has 54 heavy (non-hydrogen) atoms. The molecule has 1 fully saturated rings. The van der Waals surface area contributed by atoms with E-state index in [-0.39, 0.29) is 12.8 Å². The van der Waals surface area contributed by atoms with Gasteiger partial charge in [-0.25, -0.2) is 0 Å². The van der Waals surface area contributed by atoms with Gasteiger partial charge in [0.25, 0.3) is 0 Å². The van der Waals surface area contributed by atoms with E-state index in [1.807, 2.05) is 0 Å². The van der Waals surface area contributed by atoms with Crippen molar-refractivity contribution in [2.45, 2.75) is 217 Å². The molecule has 9 atom stereocenters. The summed E-state index contributed by atoms with van der Waals surface area (Å²) in [5, 5.41) is 75.3. The first-order chi connectivity index (χ1) is 26.2. The molecule has 1 aliphatic heterocycles. The zero-order valence-electron chi connectivity index (χ0n) is 33.7. The highest BCUT2D eigenvalue weighted by Crippen LogP contribution is 2.23. The van der Waals surface area contributed by atoms with Crippen LogP contribution in [-0.2, 0) is 14.3 Å². The fourth-order valence-electron chi connectivity index (χ4n) is 6.53. The minimum atomic E-state index is -1.67. The Labute approximate surface area is 326 Å². The zero-order valence-corrected chi connectivity index (χ0v) is 33.7. The Bertz CT molecular complexity index is 976. The first-order valence-electron chi connectivity index (χ1n) is 21.4. The van der Waals surface area contributed by atoms with Crippen molar-refractivity contribution in [3.05, 3.63) is 36.5 Å². The van der Waals surface area contributed by atoms with Crippen LogP contribution in [0, 0.1) is 0 Å². The molecular weight excluding hydrogens is 690 g/mol. The summed E-state index contributed by atoms with van der Waals surface area (Å²) in [5.74, 6) is -0.719. The molecule has 0 spiro atoms. The zero-order chi connectivity index (χ0) is 39.8. The molecule has 0 aromatic rings. The second-order valence-electron chi connectivity index (χ2n) is 15.1. The predicted octanol–water partition coefficient (Wildman–Crippen LogP) is 6.05. The lowest BCUT2D eigenvalue weighted by molar-refractivity contribution is -0.303. The van der Waals surface area contributed by atoms with E-state index in [4.69, 9.17) is 9.47 Å². The molecule has 0 radical (unpaired) electrons. The summed E-state index contributed by atoms with van der Waals surface area (Å²) in [6.07, 6.45) is 24.8. The Morgan fingerprint density at radius 3 is 1.74 bits per heavy atom. The molecule has 1 rings (SSSR count). The van der Waals surface area contributed by atoms with Crippen molar-refractivity contribution in [2.75, 3.05) is 13.2 Å². The molecule has 316 valence electrons. The van der Waals surface area contributed by atoms with Gasteiger partial charge in [0, 0.05) is 0 Å². The van der Waals surface area contributed by atoms with Crippen molar-refractivity contribution in [1.29, 1.82) is 0 Å². The molecule has 1 aliphatic rings. The van der Waals surface area contributed by atoms with Crippen molar-refractivity contribution in [3.63, 3.8) is 0 Å². The van der Waals surface area contributed by atoms with Crippen LogP contribution in [0.4, 0.5) is 0 Å². The number of hydrogen-bond donors (Lipinski definition) is 8. The van der Waals surface area contributed by atoms with Crippen LogP contribution in [0.3, 0.4) is 0 Å². The van der Waals surface area contributed by atoms with Gasteiger partial charge in [0.1, 0.15) is 36.6 Å². The van der Waals surface area contributed by atoms with Crippen LogP contribution >= 0.6 is 0 Å². The molecule has 0 aromatic heterocycles. The highest BCUT2D eigenvalue weighted by Gasteiger charge is 2.44. The monoisotopic (exact) mass is 770 g/mol. The van der Waals surface area contributed by atoms with Crippen molar-refractivity contribution >= 4 is 5.91 Å². The number of unbranched alkanes of at least 4 members (excludes halogenated alkanes) is 16. The standard InChI is InChI=1S/C43H79NO10/c1-3-5-7-9-11-13-15-16-17-18-19-21-23-25-27-29-31-36(47)42(52)44-34(33-53-43-41(51)40(50)39(49)37(32-45)54-43)38(48)35(46)30-28-26-24-22-20-14-12-10-8-6-4-2/h11,13,16-17,22,24,34-41,43,45-51H,3-10,12,14-15,18-21,23,25-33H2,1-2H3,(H,44,52)/b13-11-,17-16-,24-22+. The summed E-state index contributed by atoms with van der Waals surface area (Å²) < 4.78 is 11.0. The number of hydrogen-bond acceptors (Lipinski definition) is 10. The average Bonchev–Trinajstić information content (AvgIpc) is 3.17. The predicted molar refractivity (Wildman–Crippen MR) is 215 cm³/mol. The number of carbonyl (C=O) groups is 1. The molecule has 9 unspecified atom stereocenters. The molecule has 1 heterocycles. The summed E-state index contributed by atoms with van der Waals surface area (Å²) in [7, 11) is 0. The van der Waals surface area contributed by atoms with Crippen LogP contribution in [-0.4, -0.2) is 110 Å². The van der Waals surface area contributed by atoms with Crippen molar-refractivity contribution in [1.82, 2.24) is 5.32 Å². The molecule has 0 aromatic carbocycles. The highest BCUT2D eigenvalue weighted by atomic mass is 16.7. The molecule has 0 bridgehead atoms. The number of rotatable bonds is 34. The van der Waals surface area contributed by atoms with E-state index < -0.39 is 74.2 Å². The number of ether oxygens (including phenoxy) is 2. The Morgan fingerprint density at radius 1 is 0.648 bits per heavy atom. The third-order valence-corrected chi connectivity index (χ3v) is 10.2. The van der Waals surface area contributed by atoms with E-state index in [2.05, 4.69) is 55.6 Å². The molecule has 1 amide bonds. The fraction of sp³-hybridized carbons (Fsp3) is 0.837. The van der Waals surface area contributed by atoms with Crippen LogP contribution in [0.25, 0.3) is 0 Å². The third-order valence-electron chi connectivity index (χ3n) is 10.2. The maximum atomic E-state index is 13.0. The van der Waals surface area contributed by atoms with Crippen LogP contribution in [0.5, 0.6) is 0 Å². The first kappa shape index (κ1) is 50.3. The van der Waals surface area contributed by atoms with Crippen LogP contribution in [0.2, 0.25) is 0 Å². The van der Waals surface area contributed by atoms with Crippen molar-refractivity contribution in [2.24, 2.45) is 0 Å². The molecule has 1 saturated heterocycles. The number of aliphatic hydroxyl groups is 7. The number of nitrogens with one attached hydrogen (secondary N) is 1. The molecular formula is C43H79NO10. The van der Waals surface area contributed by atoms with Crippen LogP contribution in [0.1, 0.15) is 162 Å². The van der Waals surface area contributed by atoms with Gasteiger partial charge in [-0.15, -0.1) is 0 Å². The van der Waals surface area contributed by atoms with Gasteiger partial charge in [-0.1, -0.05) is 127 Å². The quantitative estimate of drug-likeness (QED) is 0.0283. The smallest absolute Gasteiger partial charge is 0.249 e. The fourth-order valence-corrected chi connectivity index (χ4v) is 6.53. The van der Waals surface area contributed by atoms with E-state index in [0.29, 0.717) is 12.8 Å². The van der Waals surface area contributed by atoms with Crippen LogP contribution in [0.15, 0.2) is 36.5 Å². The Morgan fingerprint density at radius 2 is 1.15 bits per heavy atom. The molecule has 8 N–H and O–H groups in total. The average molecular weight is 770 g/mol. The second-order valence-corrected chi connectivity index (χ2v) is 15.1. The summed E-state index contributed by atoms with van der Waals surface area (Å²) in [4.78, 5) is 13.0. The van der Waals surface area contributed by atoms with Gasteiger partial charge < -0.3 is 50.5 Å². The lowest BCUT2D eigenvalue weighted by Gasteiger charge is -2.40. The topological polar surface area (TPSA) is 189 Å². The SMILES string of the molecule is CCCCC/C=C\C/C=C\CCCCCCCCC(O)C(=O)NC(COC1OC(CO)C(O)C(O)C1O)C(O)C(O)CCC/C=C/CCCCCCCC. The number of allylic oxidation sites excluding steroid dienone is 6.